The van der Waals surface area contributed by atoms with Crippen LogP contribution in [-0.4, -0.2) is 27.3 Å². The monoisotopic (exact) mass is 432 g/mol. The van der Waals surface area contributed by atoms with Crippen molar-refractivity contribution >= 4 is 18.1 Å². The first-order chi connectivity index (χ1) is 14.4. The third-order valence-corrected chi connectivity index (χ3v) is 4.90. The summed E-state index contributed by atoms with van der Waals surface area (Å²) in [6, 6.07) is 13.7. The third kappa shape index (κ3) is 5.10. The highest BCUT2D eigenvalue weighted by atomic mass is 32.1. The first-order valence-electron chi connectivity index (χ1n) is 9.44. The fourth-order valence-corrected chi connectivity index (χ4v) is 3.42. The van der Waals surface area contributed by atoms with E-state index >= 15 is 0 Å². The lowest BCUT2D eigenvalue weighted by Crippen LogP contribution is -2.32. The number of para-hydroxylation sites is 1. The van der Waals surface area contributed by atoms with Crippen LogP contribution in [0.3, 0.4) is 0 Å². The van der Waals surface area contributed by atoms with Crippen molar-refractivity contribution in [1.82, 2.24) is 20.1 Å². The molecule has 2 N–H and O–H groups in total. The fourth-order valence-electron chi connectivity index (χ4n) is 3.22. The molecule has 1 atom stereocenters. The number of alkyl halides is 2. The number of rotatable bonds is 8. The molecule has 0 aliphatic rings. The van der Waals surface area contributed by atoms with E-state index in [-0.39, 0.29) is 18.2 Å². The van der Waals surface area contributed by atoms with Gasteiger partial charge in [0, 0.05) is 11.1 Å². The molecule has 0 bridgehead atoms. The Morgan fingerprint density at radius 2 is 2.03 bits per heavy atom. The van der Waals surface area contributed by atoms with Crippen LogP contribution in [0.5, 0.6) is 5.75 Å². The molecule has 0 radical (unpaired) electrons. The van der Waals surface area contributed by atoms with E-state index < -0.39 is 12.7 Å². The van der Waals surface area contributed by atoms with Crippen molar-refractivity contribution in [3.63, 3.8) is 0 Å². The van der Waals surface area contributed by atoms with Crippen molar-refractivity contribution in [2.24, 2.45) is 0 Å². The second-order valence-corrected chi connectivity index (χ2v) is 7.14. The van der Waals surface area contributed by atoms with E-state index in [2.05, 4.69) is 20.3 Å². The number of ether oxygens (including phenoxy) is 1. The van der Waals surface area contributed by atoms with Gasteiger partial charge in [-0.05, 0) is 37.7 Å². The van der Waals surface area contributed by atoms with Crippen LogP contribution in [0.1, 0.15) is 30.5 Å². The highest BCUT2D eigenvalue weighted by Gasteiger charge is 2.20. The first kappa shape index (κ1) is 21.6. The zero-order chi connectivity index (χ0) is 21.7. The minimum Gasteiger partial charge on any atom is -0.434 e. The number of aryl methyl sites for hydroxylation is 1. The summed E-state index contributed by atoms with van der Waals surface area (Å²) in [5.74, 6) is 0.272. The van der Waals surface area contributed by atoms with Crippen LogP contribution in [0.2, 0.25) is 0 Å². The summed E-state index contributed by atoms with van der Waals surface area (Å²) >= 11 is 5.29. The number of amides is 1. The maximum Gasteiger partial charge on any atom is 0.387 e. The normalized spacial score (nSPS) is 12.0. The molecule has 0 saturated heterocycles. The summed E-state index contributed by atoms with van der Waals surface area (Å²) in [6.07, 6.45) is 0.497. The standard InChI is InChI=1S/C21H22F2N4O2S/c1-3-16(15-9-4-5-10-17(15)29-20(22)23)24-18(28)12-27-19(25-26-21(27)30)14-8-6-7-13(2)11-14/h4-11,16,20H,3,12H2,1-2H3,(H,24,28)(H,26,30). The van der Waals surface area contributed by atoms with Crippen LogP contribution in [0.25, 0.3) is 11.4 Å². The lowest BCUT2D eigenvalue weighted by atomic mass is 10.0. The molecule has 6 nitrogen and oxygen atoms in total. The zero-order valence-electron chi connectivity index (χ0n) is 16.6. The smallest absolute Gasteiger partial charge is 0.387 e. The predicted octanol–water partition coefficient (Wildman–Crippen LogP) is 4.79. The van der Waals surface area contributed by atoms with Crippen LogP contribution in [0.4, 0.5) is 8.78 Å². The summed E-state index contributed by atoms with van der Waals surface area (Å²) in [4.78, 5) is 12.8. The molecule has 9 heteroatoms. The van der Waals surface area contributed by atoms with Gasteiger partial charge in [0.1, 0.15) is 12.3 Å². The second-order valence-electron chi connectivity index (χ2n) is 6.75. The Hall–Kier alpha value is -3.07. The van der Waals surface area contributed by atoms with Gasteiger partial charge >= 0.3 is 6.61 Å². The molecule has 1 aromatic heterocycles. The Morgan fingerprint density at radius 3 is 2.73 bits per heavy atom. The van der Waals surface area contributed by atoms with Crippen LogP contribution in [-0.2, 0) is 11.3 Å². The molecule has 1 amide bonds. The number of halogens is 2. The first-order valence-corrected chi connectivity index (χ1v) is 9.85. The van der Waals surface area contributed by atoms with Gasteiger partial charge < -0.3 is 10.1 Å². The lowest BCUT2D eigenvalue weighted by molar-refractivity contribution is -0.122. The minimum absolute atomic E-state index is 0.0417. The number of carbonyl (C=O) groups is 1. The van der Waals surface area contributed by atoms with Crippen molar-refractivity contribution < 1.29 is 18.3 Å². The molecule has 1 heterocycles. The zero-order valence-corrected chi connectivity index (χ0v) is 17.4. The van der Waals surface area contributed by atoms with Gasteiger partial charge in [0.25, 0.3) is 0 Å². The van der Waals surface area contributed by atoms with E-state index in [0.717, 1.165) is 11.1 Å². The summed E-state index contributed by atoms with van der Waals surface area (Å²) < 4.78 is 32.0. The van der Waals surface area contributed by atoms with Crippen molar-refractivity contribution in [3.05, 3.63) is 64.4 Å². The number of hydrogen-bond donors (Lipinski definition) is 2. The predicted molar refractivity (Wildman–Crippen MR) is 112 cm³/mol. The summed E-state index contributed by atoms with van der Waals surface area (Å²) in [6.45, 7) is 0.811. The van der Waals surface area contributed by atoms with E-state index in [4.69, 9.17) is 12.2 Å². The van der Waals surface area contributed by atoms with E-state index in [0.29, 0.717) is 22.6 Å². The van der Waals surface area contributed by atoms with Crippen molar-refractivity contribution in [1.29, 1.82) is 0 Å². The molecule has 0 saturated carbocycles. The molecular weight excluding hydrogens is 410 g/mol. The van der Waals surface area contributed by atoms with Gasteiger partial charge in [-0.1, -0.05) is 48.9 Å². The third-order valence-electron chi connectivity index (χ3n) is 4.59. The highest BCUT2D eigenvalue weighted by molar-refractivity contribution is 7.71. The van der Waals surface area contributed by atoms with E-state index in [1.165, 1.54) is 6.07 Å². The molecule has 1 unspecified atom stereocenters. The fraction of sp³-hybridized carbons (Fsp3) is 0.286. The van der Waals surface area contributed by atoms with Crippen molar-refractivity contribution in [2.75, 3.05) is 0 Å². The number of aromatic nitrogens is 3. The quantitative estimate of drug-likeness (QED) is 0.502. The Labute approximate surface area is 177 Å². The van der Waals surface area contributed by atoms with Crippen molar-refractivity contribution in [3.8, 4) is 17.1 Å². The molecular formula is C21H22F2N4O2S. The molecule has 0 fully saturated rings. The number of nitrogens with one attached hydrogen (secondary N) is 2. The minimum atomic E-state index is -2.94. The largest absolute Gasteiger partial charge is 0.434 e. The van der Waals surface area contributed by atoms with Gasteiger partial charge in [-0.2, -0.15) is 13.9 Å². The Morgan fingerprint density at radius 1 is 1.27 bits per heavy atom. The summed E-state index contributed by atoms with van der Waals surface area (Å²) in [5, 5.41) is 9.85. The SMILES string of the molecule is CCC(NC(=O)Cn1c(-c2cccc(C)c2)n[nH]c1=S)c1ccccc1OC(F)F. The van der Waals surface area contributed by atoms with E-state index in [1.807, 2.05) is 38.1 Å². The number of carbonyl (C=O) groups excluding carboxylic acids is 1. The Kier molecular flexibility index (Phi) is 6.94. The van der Waals surface area contributed by atoms with Gasteiger partial charge in [0.05, 0.1) is 6.04 Å². The maximum atomic E-state index is 12.8. The second kappa shape index (κ2) is 9.62. The van der Waals surface area contributed by atoms with Crippen LogP contribution < -0.4 is 10.1 Å². The molecule has 3 aromatic rings. The van der Waals surface area contributed by atoms with Crippen molar-refractivity contribution in [2.45, 2.75) is 39.5 Å². The highest BCUT2D eigenvalue weighted by Crippen LogP contribution is 2.28. The van der Waals surface area contributed by atoms with Gasteiger partial charge in [-0.3, -0.25) is 14.5 Å². The molecule has 3 rings (SSSR count). The van der Waals surface area contributed by atoms with E-state index in [1.54, 1.807) is 22.8 Å². The number of H-pyrrole nitrogens is 1. The lowest BCUT2D eigenvalue weighted by Gasteiger charge is -2.21. The average molecular weight is 432 g/mol. The van der Waals surface area contributed by atoms with Crippen LogP contribution >= 0.6 is 12.2 Å². The van der Waals surface area contributed by atoms with Gasteiger partial charge in [-0.25, -0.2) is 0 Å². The van der Waals surface area contributed by atoms with Gasteiger partial charge in [0.15, 0.2) is 10.6 Å². The van der Waals surface area contributed by atoms with Crippen LogP contribution in [0, 0.1) is 11.7 Å². The van der Waals surface area contributed by atoms with Crippen LogP contribution in [0.15, 0.2) is 48.5 Å². The topological polar surface area (TPSA) is 71.9 Å². The average Bonchev–Trinajstić information content (AvgIpc) is 3.06. The molecule has 30 heavy (non-hydrogen) atoms. The Balaban J connectivity index is 1.81. The molecule has 0 aliphatic carbocycles. The van der Waals surface area contributed by atoms with E-state index in [9.17, 15) is 13.6 Å². The Bertz CT molecular complexity index is 1080. The molecule has 158 valence electrons. The summed E-state index contributed by atoms with van der Waals surface area (Å²) in [5.41, 5.74) is 2.38. The number of aromatic amines is 1. The maximum absolute atomic E-state index is 12.8. The summed E-state index contributed by atoms with van der Waals surface area (Å²) in [7, 11) is 0. The van der Waals surface area contributed by atoms with Gasteiger partial charge in [0.2, 0.25) is 5.91 Å². The number of hydrogen-bond acceptors (Lipinski definition) is 4. The molecule has 0 aliphatic heterocycles. The number of nitrogens with zero attached hydrogens (tertiary/aromatic N) is 2. The molecule has 2 aromatic carbocycles. The number of benzene rings is 2. The molecule has 0 spiro atoms. The van der Waals surface area contributed by atoms with Gasteiger partial charge in [-0.15, -0.1) is 0 Å².